The molecule has 2 unspecified atom stereocenters. The molecular weight excluding hydrogens is 304 g/mol. The number of nitrogens with zero attached hydrogens (tertiary/aromatic N) is 4. The topological polar surface area (TPSA) is 84.4 Å². The number of rotatable bonds is 8. The van der Waals surface area contributed by atoms with E-state index in [9.17, 15) is 15.2 Å². The molecule has 7 nitrogen and oxygen atoms in total. The number of hydrogen-bond acceptors (Lipinski definition) is 6. The second-order valence-corrected chi connectivity index (χ2v) is 6.44. The predicted octanol–water partition coefficient (Wildman–Crippen LogP) is 1.78. The van der Waals surface area contributed by atoms with Crippen molar-refractivity contribution in [2.45, 2.75) is 32.0 Å². The van der Waals surface area contributed by atoms with Gasteiger partial charge in [-0.1, -0.05) is 6.07 Å². The summed E-state index contributed by atoms with van der Waals surface area (Å²) in [5.74, 6) is 0. The van der Waals surface area contributed by atoms with Gasteiger partial charge in [0.1, 0.15) is 12.4 Å². The number of likely N-dealkylation sites (N-methyl/N-ethyl adjacent to an activating group) is 1. The molecule has 0 saturated carbocycles. The van der Waals surface area contributed by atoms with E-state index >= 15 is 0 Å². The van der Waals surface area contributed by atoms with Crippen LogP contribution in [0.4, 0.5) is 5.69 Å². The number of thiophene rings is 1. The first-order valence-electron chi connectivity index (χ1n) is 7.03. The Morgan fingerprint density at radius 1 is 1.59 bits per heavy atom. The zero-order valence-corrected chi connectivity index (χ0v) is 13.4. The van der Waals surface area contributed by atoms with E-state index in [0.29, 0.717) is 12.6 Å². The lowest BCUT2D eigenvalue weighted by Crippen LogP contribution is -2.38. The van der Waals surface area contributed by atoms with Gasteiger partial charge in [-0.05, 0) is 31.8 Å². The van der Waals surface area contributed by atoms with Crippen LogP contribution in [0.2, 0.25) is 0 Å². The van der Waals surface area contributed by atoms with Gasteiger partial charge in [-0.15, -0.1) is 11.3 Å². The van der Waals surface area contributed by atoms with Gasteiger partial charge >= 0.3 is 5.69 Å². The molecule has 0 aromatic carbocycles. The third-order valence-corrected chi connectivity index (χ3v) is 4.45. The van der Waals surface area contributed by atoms with Crippen molar-refractivity contribution >= 4 is 17.0 Å². The molecule has 0 saturated heterocycles. The zero-order valence-electron chi connectivity index (χ0n) is 12.6. The number of hydrogen-bond donors (Lipinski definition) is 1. The maximum Gasteiger partial charge on any atom is 0.306 e. The van der Waals surface area contributed by atoms with E-state index in [-0.39, 0.29) is 12.2 Å². The highest BCUT2D eigenvalue weighted by atomic mass is 32.1. The minimum Gasteiger partial charge on any atom is -0.390 e. The highest BCUT2D eigenvalue weighted by Crippen LogP contribution is 2.14. The summed E-state index contributed by atoms with van der Waals surface area (Å²) in [6.45, 7) is 2.84. The number of nitro groups is 1. The number of aromatic nitrogens is 2. The second-order valence-electron chi connectivity index (χ2n) is 5.40. The van der Waals surface area contributed by atoms with Gasteiger partial charge in [-0.25, -0.2) is 0 Å². The summed E-state index contributed by atoms with van der Waals surface area (Å²) >= 11 is 1.73. The van der Waals surface area contributed by atoms with E-state index in [2.05, 4.69) is 28.4 Å². The summed E-state index contributed by atoms with van der Waals surface area (Å²) in [4.78, 5) is 13.5. The summed E-state index contributed by atoms with van der Waals surface area (Å²) in [7, 11) is 1.97. The first-order chi connectivity index (χ1) is 10.5. The molecule has 0 aliphatic rings. The highest BCUT2D eigenvalue weighted by molar-refractivity contribution is 7.09. The van der Waals surface area contributed by atoms with Crippen LogP contribution in [0.3, 0.4) is 0 Å². The van der Waals surface area contributed by atoms with Crippen molar-refractivity contribution < 1.29 is 10.0 Å². The summed E-state index contributed by atoms with van der Waals surface area (Å²) in [5.41, 5.74) is -0.0633. The number of aliphatic hydroxyl groups excluding tert-OH is 1. The molecule has 120 valence electrons. The van der Waals surface area contributed by atoms with Gasteiger partial charge in [0.2, 0.25) is 0 Å². The fourth-order valence-electron chi connectivity index (χ4n) is 2.21. The summed E-state index contributed by atoms with van der Waals surface area (Å²) in [6, 6.07) is 4.45. The molecule has 0 spiro atoms. The van der Waals surface area contributed by atoms with E-state index in [1.807, 2.05) is 13.1 Å². The Balaban J connectivity index is 1.82. The molecule has 2 aromatic rings. The van der Waals surface area contributed by atoms with Crippen molar-refractivity contribution in [3.8, 4) is 0 Å². The van der Waals surface area contributed by atoms with Gasteiger partial charge in [0.05, 0.1) is 17.6 Å². The Morgan fingerprint density at radius 3 is 2.95 bits per heavy atom. The minimum absolute atomic E-state index is 0.0633. The van der Waals surface area contributed by atoms with Crippen molar-refractivity contribution in [3.63, 3.8) is 0 Å². The van der Waals surface area contributed by atoms with Crippen LogP contribution in [0.15, 0.2) is 29.9 Å². The highest BCUT2D eigenvalue weighted by Gasteiger charge is 2.17. The predicted molar refractivity (Wildman–Crippen MR) is 85.0 cm³/mol. The van der Waals surface area contributed by atoms with Gasteiger partial charge in [-0.3, -0.25) is 14.8 Å². The maximum absolute atomic E-state index is 10.6. The zero-order chi connectivity index (χ0) is 16.1. The van der Waals surface area contributed by atoms with Crippen molar-refractivity contribution in [2.75, 3.05) is 13.6 Å². The SMILES string of the molecule is CC(Cc1cccs1)N(C)CC(O)Cn1cc([N+](=O)[O-])cn1. The first-order valence-corrected chi connectivity index (χ1v) is 7.91. The monoisotopic (exact) mass is 324 g/mol. The van der Waals surface area contributed by atoms with Crippen molar-refractivity contribution in [2.24, 2.45) is 0 Å². The van der Waals surface area contributed by atoms with Gasteiger partial charge in [0, 0.05) is 17.5 Å². The van der Waals surface area contributed by atoms with E-state index in [4.69, 9.17) is 0 Å². The summed E-state index contributed by atoms with van der Waals surface area (Å²) in [5, 5.41) is 26.7. The summed E-state index contributed by atoms with van der Waals surface area (Å²) in [6.07, 6.45) is 2.83. The van der Waals surface area contributed by atoms with Crippen LogP contribution in [-0.2, 0) is 13.0 Å². The third kappa shape index (κ3) is 4.62. The Kier molecular flexibility index (Phi) is 5.64. The Morgan fingerprint density at radius 2 is 2.36 bits per heavy atom. The Bertz CT molecular complexity index is 599. The fraction of sp³-hybridized carbons (Fsp3) is 0.500. The van der Waals surface area contributed by atoms with Crippen LogP contribution in [0.1, 0.15) is 11.8 Å². The Hall–Kier alpha value is -1.77. The maximum atomic E-state index is 10.6. The molecule has 2 rings (SSSR count). The molecule has 2 heterocycles. The van der Waals surface area contributed by atoms with Gasteiger partial charge in [0.15, 0.2) is 0 Å². The minimum atomic E-state index is -0.629. The lowest BCUT2D eigenvalue weighted by atomic mass is 10.1. The average molecular weight is 324 g/mol. The van der Waals surface area contributed by atoms with E-state index in [1.165, 1.54) is 22.0 Å². The van der Waals surface area contributed by atoms with Crippen LogP contribution in [0.5, 0.6) is 0 Å². The molecule has 0 bridgehead atoms. The molecule has 0 aliphatic heterocycles. The van der Waals surface area contributed by atoms with Crippen LogP contribution in [0.25, 0.3) is 0 Å². The lowest BCUT2D eigenvalue weighted by Gasteiger charge is -2.26. The largest absolute Gasteiger partial charge is 0.390 e. The molecule has 2 aromatic heterocycles. The van der Waals surface area contributed by atoms with E-state index < -0.39 is 11.0 Å². The quantitative estimate of drug-likeness (QED) is 0.591. The van der Waals surface area contributed by atoms with Gasteiger partial charge in [0.25, 0.3) is 0 Å². The average Bonchev–Trinajstić information content (AvgIpc) is 3.09. The molecule has 0 aliphatic carbocycles. The molecule has 1 N–H and O–H groups in total. The standard InChI is InChI=1S/C14H20N4O3S/c1-11(6-14-4-3-5-22-14)16(2)9-13(19)10-17-8-12(7-15-17)18(20)21/h3-5,7-8,11,13,19H,6,9-10H2,1-2H3. The fourth-order valence-corrected chi connectivity index (χ4v) is 3.04. The van der Waals surface area contributed by atoms with Crippen LogP contribution in [0, 0.1) is 10.1 Å². The molecule has 22 heavy (non-hydrogen) atoms. The normalized spacial score (nSPS) is 14.2. The van der Waals surface area contributed by atoms with Crippen LogP contribution < -0.4 is 0 Å². The van der Waals surface area contributed by atoms with Gasteiger partial charge < -0.3 is 10.0 Å². The molecule has 0 amide bonds. The van der Waals surface area contributed by atoms with E-state index in [0.717, 1.165) is 6.42 Å². The summed E-state index contributed by atoms with van der Waals surface area (Å²) < 4.78 is 1.40. The Labute approximate surface area is 132 Å². The van der Waals surface area contributed by atoms with Gasteiger partial charge in [-0.2, -0.15) is 5.10 Å². The second kappa shape index (κ2) is 7.48. The molecule has 0 radical (unpaired) electrons. The van der Waals surface area contributed by atoms with Crippen LogP contribution in [-0.4, -0.2) is 50.4 Å². The smallest absolute Gasteiger partial charge is 0.306 e. The lowest BCUT2D eigenvalue weighted by molar-refractivity contribution is -0.385. The van der Waals surface area contributed by atoms with Crippen molar-refractivity contribution in [1.29, 1.82) is 0 Å². The van der Waals surface area contributed by atoms with Crippen molar-refractivity contribution in [1.82, 2.24) is 14.7 Å². The van der Waals surface area contributed by atoms with Crippen molar-refractivity contribution in [3.05, 3.63) is 44.9 Å². The molecule has 2 atom stereocenters. The first kappa shape index (κ1) is 16.6. The molecule has 8 heteroatoms. The number of aliphatic hydroxyl groups is 1. The molecular formula is C14H20N4O3S. The third-order valence-electron chi connectivity index (χ3n) is 3.56. The van der Waals surface area contributed by atoms with E-state index in [1.54, 1.807) is 11.3 Å². The molecule has 0 fully saturated rings. The van der Waals surface area contributed by atoms with Crippen LogP contribution >= 0.6 is 11.3 Å².